The highest BCUT2D eigenvalue weighted by Gasteiger charge is 2.48. The second kappa shape index (κ2) is 7.21. The Balaban J connectivity index is 1.42. The van der Waals surface area contributed by atoms with Crippen LogP contribution in [-0.2, 0) is 16.9 Å². The molecular weight excluding hydrogens is 435 g/mol. The van der Waals surface area contributed by atoms with Gasteiger partial charge in [-0.15, -0.1) is 0 Å². The van der Waals surface area contributed by atoms with Crippen molar-refractivity contribution in [1.82, 2.24) is 20.2 Å². The van der Waals surface area contributed by atoms with Crippen LogP contribution in [-0.4, -0.2) is 26.6 Å². The number of H-pyrrole nitrogens is 1. The van der Waals surface area contributed by atoms with Crippen molar-refractivity contribution in [2.45, 2.75) is 12.1 Å². The van der Waals surface area contributed by atoms with E-state index in [0.29, 0.717) is 16.3 Å². The van der Waals surface area contributed by atoms with E-state index in [1.807, 2.05) is 42.6 Å². The first kappa shape index (κ1) is 20.0. The largest absolute Gasteiger partial charge is 0.494 e. The number of halogens is 1. The third kappa shape index (κ3) is 2.96. The predicted molar refractivity (Wildman–Crippen MR) is 126 cm³/mol. The second-order valence-corrected chi connectivity index (χ2v) is 8.45. The highest BCUT2D eigenvalue weighted by atomic mass is 19.1. The molecule has 7 nitrogen and oxygen atoms in total. The van der Waals surface area contributed by atoms with Gasteiger partial charge in [0.25, 0.3) is 5.91 Å². The van der Waals surface area contributed by atoms with Crippen LogP contribution in [0.1, 0.15) is 5.56 Å². The van der Waals surface area contributed by atoms with Gasteiger partial charge in [0.2, 0.25) is 0 Å². The van der Waals surface area contributed by atoms with Crippen molar-refractivity contribution in [3.8, 4) is 17.0 Å². The molecule has 8 heteroatoms. The summed E-state index contributed by atoms with van der Waals surface area (Å²) in [6.45, 7) is -0.0703. The number of fused-ring (bicyclic) bond motifs is 2. The summed E-state index contributed by atoms with van der Waals surface area (Å²) in [5, 5.41) is 17.8. The number of hydrogen-bond acceptors (Lipinski definition) is 3. The van der Waals surface area contributed by atoms with E-state index in [2.05, 4.69) is 15.6 Å². The minimum absolute atomic E-state index is 0.0703. The van der Waals surface area contributed by atoms with E-state index in [1.54, 1.807) is 24.4 Å². The van der Waals surface area contributed by atoms with Crippen LogP contribution in [0.15, 0.2) is 79.1 Å². The van der Waals surface area contributed by atoms with E-state index >= 15 is 0 Å². The standard InChI is InChI=1S/C26H19FN4O3/c27-18-10-7-16-13-31(23(32)20(16)11-18)14-26(24(33)29-25(34)30-26)17-8-5-15(6-9-17)21-12-28-22-4-2-1-3-19(21)22/h1-13,28,32H,14H2,(H2,29,30,33,34)/t26-/m0/s1. The minimum atomic E-state index is -1.44. The first-order valence-corrected chi connectivity index (χ1v) is 10.7. The van der Waals surface area contributed by atoms with Crippen molar-refractivity contribution in [3.63, 3.8) is 0 Å². The molecule has 1 saturated heterocycles. The fourth-order valence-corrected chi connectivity index (χ4v) is 4.74. The lowest BCUT2D eigenvalue weighted by molar-refractivity contribution is -0.124. The average Bonchev–Trinajstić information content (AvgIpc) is 3.48. The number of nitrogens with zero attached hydrogens (tertiary/aromatic N) is 1. The van der Waals surface area contributed by atoms with Gasteiger partial charge < -0.3 is 20.0 Å². The molecule has 0 bridgehead atoms. The molecule has 3 amide bonds. The number of aromatic amines is 1. The van der Waals surface area contributed by atoms with E-state index < -0.39 is 23.3 Å². The Morgan fingerprint density at radius 1 is 0.971 bits per heavy atom. The predicted octanol–water partition coefficient (Wildman–Crippen LogP) is 4.37. The molecule has 1 fully saturated rings. The molecule has 6 rings (SSSR count). The van der Waals surface area contributed by atoms with E-state index in [4.69, 9.17) is 0 Å². The van der Waals surface area contributed by atoms with Gasteiger partial charge in [0, 0.05) is 39.6 Å². The Labute approximate surface area is 192 Å². The first-order chi connectivity index (χ1) is 16.4. The summed E-state index contributed by atoms with van der Waals surface area (Å²) in [6, 6.07) is 18.8. The monoisotopic (exact) mass is 454 g/mol. The molecule has 0 unspecified atom stereocenters. The van der Waals surface area contributed by atoms with Crippen LogP contribution in [0.2, 0.25) is 0 Å². The van der Waals surface area contributed by atoms with Crippen molar-refractivity contribution in [1.29, 1.82) is 0 Å². The third-order valence-electron chi connectivity index (χ3n) is 6.45. The van der Waals surface area contributed by atoms with Crippen molar-refractivity contribution >= 4 is 33.6 Å². The van der Waals surface area contributed by atoms with Crippen molar-refractivity contribution in [3.05, 3.63) is 90.5 Å². The van der Waals surface area contributed by atoms with E-state index in [9.17, 15) is 19.1 Å². The normalized spacial score (nSPS) is 17.9. The van der Waals surface area contributed by atoms with E-state index in [1.165, 1.54) is 16.7 Å². The number of imide groups is 1. The zero-order chi connectivity index (χ0) is 23.4. The van der Waals surface area contributed by atoms with Crippen molar-refractivity contribution in [2.75, 3.05) is 0 Å². The summed E-state index contributed by atoms with van der Waals surface area (Å²) in [4.78, 5) is 28.4. The van der Waals surface area contributed by atoms with Gasteiger partial charge in [0.15, 0.2) is 11.4 Å². The lowest BCUT2D eigenvalue weighted by atomic mass is 9.88. The number of carbonyl (C=O) groups is 2. The van der Waals surface area contributed by atoms with Crippen molar-refractivity contribution < 1.29 is 19.1 Å². The number of nitrogens with one attached hydrogen (secondary N) is 3. The Bertz CT molecular complexity index is 1600. The molecule has 3 heterocycles. The van der Waals surface area contributed by atoms with Gasteiger partial charge >= 0.3 is 6.03 Å². The summed E-state index contributed by atoms with van der Waals surface area (Å²) in [5.41, 5.74) is 2.11. The molecule has 1 aliphatic rings. The smallest absolute Gasteiger partial charge is 0.322 e. The summed E-state index contributed by atoms with van der Waals surface area (Å²) in [6.07, 6.45) is 3.56. The SMILES string of the molecule is O=C1NC(=O)[C@](Cn2cc3ccc(F)cc3c2O)(c2ccc(-c3c[nH]c4ccccc34)cc2)N1. The molecule has 1 atom stereocenters. The van der Waals surface area contributed by atoms with Crippen LogP contribution >= 0.6 is 0 Å². The molecular formula is C26H19FN4O3. The highest BCUT2D eigenvalue weighted by molar-refractivity contribution is 6.07. The lowest BCUT2D eigenvalue weighted by Crippen LogP contribution is -2.47. The maximum atomic E-state index is 13.7. The molecule has 0 saturated carbocycles. The molecule has 0 aliphatic carbocycles. The van der Waals surface area contributed by atoms with Crippen LogP contribution in [0, 0.1) is 5.82 Å². The van der Waals surface area contributed by atoms with Gasteiger partial charge in [-0.3, -0.25) is 10.1 Å². The van der Waals surface area contributed by atoms with Crippen LogP contribution in [0.5, 0.6) is 5.88 Å². The highest BCUT2D eigenvalue weighted by Crippen LogP contribution is 2.35. The number of aromatic nitrogens is 2. The number of amides is 3. The second-order valence-electron chi connectivity index (χ2n) is 8.45. The summed E-state index contributed by atoms with van der Waals surface area (Å²) < 4.78 is 15.1. The number of hydrogen-bond donors (Lipinski definition) is 4. The Morgan fingerprint density at radius 2 is 1.76 bits per heavy atom. The summed E-state index contributed by atoms with van der Waals surface area (Å²) in [5.74, 6) is -1.19. The Morgan fingerprint density at radius 3 is 2.53 bits per heavy atom. The Hall–Kier alpha value is -4.59. The number of rotatable bonds is 4. The molecule has 168 valence electrons. The molecule has 34 heavy (non-hydrogen) atoms. The molecule has 4 N–H and O–H groups in total. The van der Waals surface area contributed by atoms with Crippen LogP contribution in [0.3, 0.4) is 0 Å². The minimum Gasteiger partial charge on any atom is -0.494 e. The van der Waals surface area contributed by atoms with E-state index in [-0.39, 0.29) is 12.4 Å². The van der Waals surface area contributed by atoms with Gasteiger partial charge in [0.1, 0.15) is 5.82 Å². The zero-order valence-corrected chi connectivity index (χ0v) is 17.8. The number of aromatic hydroxyl groups is 1. The molecule has 3 aromatic carbocycles. The van der Waals surface area contributed by atoms with Gasteiger partial charge in [0.05, 0.1) is 6.54 Å². The maximum absolute atomic E-state index is 13.7. The quantitative estimate of drug-likeness (QED) is 0.304. The number of para-hydroxylation sites is 1. The lowest BCUT2D eigenvalue weighted by Gasteiger charge is -2.27. The van der Waals surface area contributed by atoms with Gasteiger partial charge in [-0.2, -0.15) is 0 Å². The van der Waals surface area contributed by atoms with Crippen LogP contribution in [0.25, 0.3) is 32.8 Å². The van der Waals surface area contributed by atoms with Crippen molar-refractivity contribution in [2.24, 2.45) is 0 Å². The zero-order valence-electron chi connectivity index (χ0n) is 17.8. The van der Waals surface area contributed by atoms with Gasteiger partial charge in [-0.1, -0.05) is 42.5 Å². The fourth-order valence-electron chi connectivity index (χ4n) is 4.74. The van der Waals surface area contributed by atoms with Gasteiger partial charge in [-0.05, 0) is 35.4 Å². The topological polar surface area (TPSA) is 99.2 Å². The Kier molecular flexibility index (Phi) is 4.25. The fraction of sp³-hybridized carbons (Fsp3) is 0.0769. The number of carbonyl (C=O) groups excluding carboxylic acids is 2. The molecule has 0 radical (unpaired) electrons. The number of urea groups is 1. The maximum Gasteiger partial charge on any atom is 0.322 e. The molecule has 1 aliphatic heterocycles. The molecule has 5 aromatic rings. The average molecular weight is 454 g/mol. The summed E-state index contributed by atoms with van der Waals surface area (Å²) in [7, 11) is 0. The van der Waals surface area contributed by atoms with Crippen LogP contribution < -0.4 is 10.6 Å². The third-order valence-corrected chi connectivity index (χ3v) is 6.45. The number of benzene rings is 3. The first-order valence-electron chi connectivity index (χ1n) is 10.7. The van der Waals surface area contributed by atoms with Gasteiger partial charge in [-0.25, -0.2) is 9.18 Å². The summed E-state index contributed by atoms with van der Waals surface area (Å²) >= 11 is 0. The molecule has 0 spiro atoms. The molecule has 2 aromatic heterocycles. The van der Waals surface area contributed by atoms with E-state index in [0.717, 1.165) is 22.0 Å². The van der Waals surface area contributed by atoms with Crippen LogP contribution in [0.4, 0.5) is 9.18 Å².